The quantitative estimate of drug-likeness (QED) is 0.468. The van der Waals surface area contributed by atoms with Crippen LogP contribution in [0, 0.1) is 20.8 Å². The molecule has 5 nitrogen and oxygen atoms in total. The fraction of sp³-hybridized carbons (Fsp3) is 0.462. The number of carboxylic acid groups (broad SMARTS) is 1. The predicted octanol–water partition coefficient (Wildman–Crippen LogP) is 5.81. The van der Waals surface area contributed by atoms with Crippen molar-refractivity contribution in [3.05, 3.63) is 57.6 Å². The molecule has 3 rings (SSSR count). The molecule has 0 spiro atoms. The predicted molar refractivity (Wildman–Crippen MR) is 120 cm³/mol. The van der Waals surface area contributed by atoms with Crippen LogP contribution in [0.2, 0.25) is 0 Å². The average molecular weight is 425 g/mol. The molecule has 0 saturated carbocycles. The minimum atomic E-state index is -1.02. The van der Waals surface area contributed by atoms with Crippen LogP contribution in [0.5, 0.6) is 11.5 Å². The summed E-state index contributed by atoms with van der Waals surface area (Å²) in [7, 11) is 0. The topological polar surface area (TPSA) is 72.8 Å². The first kappa shape index (κ1) is 22.9. The summed E-state index contributed by atoms with van der Waals surface area (Å²) in [5, 5.41) is 8.86. The third-order valence-corrected chi connectivity index (χ3v) is 6.28. The van der Waals surface area contributed by atoms with Gasteiger partial charge in [0.2, 0.25) is 0 Å². The average Bonchev–Trinajstić information content (AvgIpc) is 2.99. The molecule has 0 radical (unpaired) electrons. The molecule has 0 saturated heterocycles. The van der Waals surface area contributed by atoms with Crippen LogP contribution in [0.1, 0.15) is 85.8 Å². The van der Waals surface area contributed by atoms with Gasteiger partial charge in [0.05, 0.1) is 18.8 Å². The summed E-state index contributed by atoms with van der Waals surface area (Å²) in [6.07, 6.45) is -0.408. The summed E-state index contributed by atoms with van der Waals surface area (Å²) >= 11 is 0. The van der Waals surface area contributed by atoms with Gasteiger partial charge in [0.15, 0.2) is 0 Å². The van der Waals surface area contributed by atoms with Gasteiger partial charge in [-0.05, 0) is 68.4 Å². The Morgan fingerprint density at radius 3 is 2.19 bits per heavy atom. The molecule has 1 N–H and O–H groups in total. The second-order valence-electron chi connectivity index (χ2n) is 9.27. The maximum atomic E-state index is 12.3. The van der Waals surface area contributed by atoms with Crippen LogP contribution in [-0.2, 0) is 9.59 Å². The summed E-state index contributed by atoms with van der Waals surface area (Å²) in [5.74, 6) is 0.247. The summed E-state index contributed by atoms with van der Waals surface area (Å²) in [5.41, 5.74) is 5.66. The molecular weight excluding hydrogens is 392 g/mol. The van der Waals surface area contributed by atoms with Gasteiger partial charge in [-0.25, -0.2) is 0 Å². The van der Waals surface area contributed by atoms with Gasteiger partial charge in [-0.2, -0.15) is 0 Å². The van der Waals surface area contributed by atoms with Gasteiger partial charge in [-0.15, -0.1) is 0 Å². The van der Waals surface area contributed by atoms with Gasteiger partial charge in [-0.1, -0.05) is 38.1 Å². The number of hydrogen-bond donors (Lipinski definition) is 1. The van der Waals surface area contributed by atoms with E-state index >= 15 is 0 Å². The Hall–Kier alpha value is -2.82. The molecule has 1 aliphatic rings. The molecule has 1 aliphatic heterocycles. The van der Waals surface area contributed by atoms with Gasteiger partial charge in [-0.3, -0.25) is 9.59 Å². The Bertz CT molecular complexity index is 1020. The summed E-state index contributed by atoms with van der Waals surface area (Å²) < 4.78 is 12.1. The number of fused-ring (bicyclic) bond motifs is 1. The highest BCUT2D eigenvalue weighted by molar-refractivity contribution is 5.79. The minimum absolute atomic E-state index is 0.0144. The fourth-order valence-corrected chi connectivity index (χ4v) is 4.43. The number of carbonyl (C=O) groups is 2. The zero-order chi connectivity index (χ0) is 23.1. The first-order valence-electron chi connectivity index (χ1n) is 10.8. The molecule has 2 aromatic rings. The summed E-state index contributed by atoms with van der Waals surface area (Å²) in [4.78, 5) is 23.1. The highest BCUT2D eigenvalue weighted by Gasteiger charge is 2.45. The lowest BCUT2D eigenvalue weighted by molar-refractivity contribution is -0.142. The molecule has 1 atom stereocenters. The van der Waals surface area contributed by atoms with Crippen molar-refractivity contribution in [3.8, 4) is 11.5 Å². The maximum Gasteiger partial charge on any atom is 0.311 e. The van der Waals surface area contributed by atoms with Crippen LogP contribution in [0.4, 0.5) is 0 Å². The summed E-state index contributed by atoms with van der Waals surface area (Å²) in [6.45, 7) is 14.3. The SMILES string of the molecule is Cc1c(C)c2c(c(C)c1OC(=O)CCC(=O)O)C(c1ccc(C(C)C)cc1)C(C)(C)O2. The van der Waals surface area contributed by atoms with Crippen LogP contribution < -0.4 is 9.47 Å². The van der Waals surface area contributed by atoms with Crippen molar-refractivity contribution < 1.29 is 24.2 Å². The van der Waals surface area contributed by atoms with Gasteiger partial charge < -0.3 is 14.6 Å². The van der Waals surface area contributed by atoms with Crippen LogP contribution in [0.25, 0.3) is 0 Å². The Kier molecular flexibility index (Phi) is 6.17. The molecule has 0 aromatic heterocycles. The molecule has 1 unspecified atom stereocenters. The van der Waals surface area contributed by atoms with Gasteiger partial charge >= 0.3 is 11.9 Å². The normalized spacial score (nSPS) is 16.7. The number of esters is 1. The fourth-order valence-electron chi connectivity index (χ4n) is 4.43. The Balaban J connectivity index is 2.08. The molecule has 2 aromatic carbocycles. The van der Waals surface area contributed by atoms with Crippen LogP contribution in [0.15, 0.2) is 24.3 Å². The van der Waals surface area contributed by atoms with E-state index in [2.05, 4.69) is 52.0 Å². The van der Waals surface area contributed by atoms with Crippen molar-refractivity contribution in [2.45, 2.75) is 78.7 Å². The van der Waals surface area contributed by atoms with Crippen molar-refractivity contribution in [1.82, 2.24) is 0 Å². The number of benzene rings is 2. The van der Waals surface area contributed by atoms with E-state index in [1.807, 2.05) is 20.8 Å². The highest BCUT2D eigenvalue weighted by atomic mass is 16.5. The summed E-state index contributed by atoms with van der Waals surface area (Å²) in [6, 6.07) is 8.65. The molecule has 31 heavy (non-hydrogen) atoms. The van der Waals surface area contributed by atoms with E-state index in [1.54, 1.807) is 0 Å². The number of ether oxygens (including phenoxy) is 2. The van der Waals surface area contributed by atoms with E-state index in [1.165, 1.54) is 5.56 Å². The number of aliphatic carboxylic acids is 1. The van der Waals surface area contributed by atoms with Crippen molar-refractivity contribution in [3.63, 3.8) is 0 Å². The van der Waals surface area contributed by atoms with Crippen molar-refractivity contribution in [2.24, 2.45) is 0 Å². The Labute approximate surface area is 184 Å². The second-order valence-corrected chi connectivity index (χ2v) is 9.27. The molecule has 5 heteroatoms. The number of rotatable bonds is 6. The Morgan fingerprint density at radius 1 is 1.03 bits per heavy atom. The highest BCUT2D eigenvalue weighted by Crippen LogP contribution is 2.54. The zero-order valence-corrected chi connectivity index (χ0v) is 19.5. The smallest absolute Gasteiger partial charge is 0.311 e. The van der Waals surface area contributed by atoms with E-state index in [9.17, 15) is 9.59 Å². The van der Waals surface area contributed by atoms with E-state index in [0.29, 0.717) is 11.7 Å². The van der Waals surface area contributed by atoms with Crippen molar-refractivity contribution >= 4 is 11.9 Å². The van der Waals surface area contributed by atoms with Gasteiger partial charge in [0, 0.05) is 5.56 Å². The molecule has 166 valence electrons. The van der Waals surface area contributed by atoms with E-state index < -0.39 is 17.5 Å². The van der Waals surface area contributed by atoms with Crippen LogP contribution in [0.3, 0.4) is 0 Å². The lowest BCUT2D eigenvalue weighted by Gasteiger charge is -2.27. The monoisotopic (exact) mass is 424 g/mol. The first-order chi connectivity index (χ1) is 14.4. The number of carbonyl (C=O) groups excluding carboxylic acids is 1. The van der Waals surface area contributed by atoms with Crippen molar-refractivity contribution in [2.75, 3.05) is 0 Å². The zero-order valence-electron chi connectivity index (χ0n) is 19.5. The van der Waals surface area contributed by atoms with Gasteiger partial charge in [0.1, 0.15) is 17.1 Å². The molecule has 1 heterocycles. The van der Waals surface area contributed by atoms with Gasteiger partial charge in [0.25, 0.3) is 0 Å². The lowest BCUT2D eigenvalue weighted by atomic mass is 9.78. The maximum absolute atomic E-state index is 12.3. The first-order valence-corrected chi connectivity index (χ1v) is 10.8. The van der Waals surface area contributed by atoms with Crippen LogP contribution >= 0.6 is 0 Å². The third-order valence-electron chi connectivity index (χ3n) is 6.28. The Morgan fingerprint density at radius 2 is 1.65 bits per heavy atom. The molecular formula is C26H32O5. The molecule has 0 fully saturated rings. The second kappa shape index (κ2) is 8.37. The molecule has 0 aliphatic carbocycles. The standard InChI is InChI=1S/C26H32O5/c1-14(2)18-8-10-19(11-9-18)23-22-17(5)24(30-21(29)13-12-20(27)28)15(3)16(4)25(22)31-26(23,6)7/h8-11,14,23H,12-13H2,1-7H3,(H,27,28). The number of hydrogen-bond acceptors (Lipinski definition) is 4. The molecule has 0 amide bonds. The van der Waals surface area contributed by atoms with E-state index in [-0.39, 0.29) is 18.8 Å². The van der Waals surface area contributed by atoms with Crippen molar-refractivity contribution in [1.29, 1.82) is 0 Å². The van der Waals surface area contributed by atoms with Crippen LogP contribution in [-0.4, -0.2) is 22.6 Å². The molecule has 0 bridgehead atoms. The van der Waals surface area contributed by atoms with E-state index in [4.69, 9.17) is 14.6 Å². The lowest BCUT2D eigenvalue weighted by Crippen LogP contribution is -2.31. The largest absolute Gasteiger partial charge is 0.486 e. The third kappa shape index (κ3) is 4.32. The number of carboxylic acids is 1. The van der Waals surface area contributed by atoms with E-state index in [0.717, 1.165) is 33.6 Å². The minimum Gasteiger partial charge on any atom is -0.486 e.